The van der Waals surface area contributed by atoms with E-state index in [0.717, 1.165) is 27.3 Å². The molecule has 0 bridgehead atoms. The van der Waals surface area contributed by atoms with E-state index >= 15 is 0 Å². The summed E-state index contributed by atoms with van der Waals surface area (Å²) in [7, 11) is 0. The number of carbonyl (C=O) groups is 1. The average Bonchev–Trinajstić information content (AvgIpc) is 2.97. The summed E-state index contributed by atoms with van der Waals surface area (Å²) in [5, 5.41) is 17.3. The topological polar surface area (TPSA) is 113 Å². The zero-order valence-corrected chi connectivity index (χ0v) is 14.3. The van der Waals surface area contributed by atoms with Gasteiger partial charge in [0.1, 0.15) is 0 Å². The SMILES string of the molecule is N=C(C1=C(N)C(c2ccc(CC(=O)O)cc2)CS1)c1ccc(N)cc1. The Labute approximate surface area is 150 Å². The first-order valence-electron chi connectivity index (χ1n) is 7.83. The van der Waals surface area contributed by atoms with E-state index in [1.807, 2.05) is 36.4 Å². The molecule has 0 radical (unpaired) electrons. The summed E-state index contributed by atoms with van der Waals surface area (Å²) in [5.74, 6) is -0.0348. The van der Waals surface area contributed by atoms with Crippen molar-refractivity contribution in [3.05, 3.63) is 75.8 Å². The molecule has 1 unspecified atom stereocenters. The Kier molecular flexibility index (Phi) is 4.81. The van der Waals surface area contributed by atoms with E-state index in [2.05, 4.69) is 0 Å². The number of hydrogen-bond acceptors (Lipinski definition) is 5. The van der Waals surface area contributed by atoms with Crippen molar-refractivity contribution < 1.29 is 9.90 Å². The van der Waals surface area contributed by atoms with Crippen molar-refractivity contribution in [3.63, 3.8) is 0 Å². The quantitative estimate of drug-likeness (QED) is 0.487. The highest BCUT2D eigenvalue weighted by Crippen LogP contribution is 2.40. The Morgan fingerprint density at radius 2 is 1.76 bits per heavy atom. The van der Waals surface area contributed by atoms with Crippen LogP contribution in [0.15, 0.2) is 59.1 Å². The molecule has 1 aliphatic heterocycles. The number of aliphatic carboxylic acids is 1. The van der Waals surface area contributed by atoms with E-state index in [9.17, 15) is 4.79 Å². The van der Waals surface area contributed by atoms with Crippen LogP contribution in [-0.4, -0.2) is 22.5 Å². The van der Waals surface area contributed by atoms with Gasteiger partial charge in [-0.1, -0.05) is 36.4 Å². The van der Waals surface area contributed by atoms with Crippen molar-refractivity contribution in [2.45, 2.75) is 12.3 Å². The van der Waals surface area contributed by atoms with E-state index in [0.29, 0.717) is 17.1 Å². The predicted molar refractivity (Wildman–Crippen MR) is 102 cm³/mol. The van der Waals surface area contributed by atoms with Crippen molar-refractivity contribution in [3.8, 4) is 0 Å². The number of carboxylic acid groups (broad SMARTS) is 1. The maximum atomic E-state index is 10.8. The zero-order chi connectivity index (χ0) is 18.0. The monoisotopic (exact) mass is 353 g/mol. The average molecular weight is 353 g/mol. The summed E-state index contributed by atoms with van der Waals surface area (Å²) < 4.78 is 0. The summed E-state index contributed by atoms with van der Waals surface area (Å²) in [6, 6.07) is 14.7. The second-order valence-electron chi connectivity index (χ2n) is 5.96. The maximum Gasteiger partial charge on any atom is 0.307 e. The highest BCUT2D eigenvalue weighted by atomic mass is 32.2. The Hall–Kier alpha value is -2.73. The van der Waals surface area contributed by atoms with Crippen molar-refractivity contribution in [2.75, 3.05) is 11.5 Å². The third-order valence-corrected chi connectivity index (χ3v) is 5.42. The predicted octanol–water partition coefficient (Wildman–Crippen LogP) is 2.96. The van der Waals surface area contributed by atoms with E-state index in [1.54, 1.807) is 23.9 Å². The molecule has 0 fully saturated rings. The first-order valence-corrected chi connectivity index (χ1v) is 8.82. The summed E-state index contributed by atoms with van der Waals surface area (Å²) in [6.07, 6.45) is 0.0120. The standard InChI is InChI=1S/C19H19N3O2S/c20-14-7-5-13(6-8-14)17(21)19-18(22)15(10-25-19)12-3-1-11(2-4-12)9-16(23)24/h1-8,15,21H,9-10,20,22H2,(H,23,24). The van der Waals surface area contributed by atoms with Crippen LogP contribution in [0.4, 0.5) is 5.69 Å². The number of thioether (sulfide) groups is 1. The lowest BCUT2D eigenvalue weighted by Crippen LogP contribution is -2.12. The lowest BCUT2D eigenvalue weighted by Gasteiger charge is -2.12. The molecule has 0 aliphatic carbocycles. The number of nitrogens with two attached hydrogens (primary N) is 2. The van der Waals surface area contributed by atoms with E-state index in [1.165, 1.54) is 0 Å². The van der Waals surface area contributed by atoms with E-state index < -0.39 is 5.97 Å². The molecular formula is C19H19N3O2S. The molecule has 3 rings (SSSR count). The Bertz CT molecular complexity index is 842. The van der Waals surface area contributed by atoms with Gasteiger partial charge in [-0.25, -0.2) is 0 Å². The van der Waals surface area contributed by atoms with Crippen LogP contribution in [-0.2, 0) is 11.2 Å². The third kappa shape index (κ3) is 3.69. The van der Waals surface area contributed by atoms with Crippen molar-refractivity contribution >= 4 is 29.1 Å². The van der Waals surface area contributed by atoms with Crippen LogP contribution in [0.25, 0.3) is 0 Å². The second-order valence-corrected chi connectivity index (χ2v) is 6.99. The molecule has 1 atom stereocenters. The van der Waals surface area contributed by atoms with Gasteiger partial charge in [0.15, 0.2) is 0 Å². The fourth-order valence-electron chi connectivity index (χ4n) is 2.81. The second kappa shape index (κ2) is 7.03. The summed E-state index contributed by atoms with van der Waals surface area (Å²) >= 11 is 1.58. The van der Waals surface area contributed by atoms with Crippen molar-refractivity contribution in [1.29, 1.82) is 5.41 Å². The number of anilines is 1. The molecule has 2 aromatic rings. The minimum atomic E-state index is -0.845. The van der Waals surface area contributed by atoms with Gasteiger partial charge in [0.25, 0.3) is 0 Å². The molecule has 0 saturated carbocycles. The molecule has 5 nitrogen and oxygen atoms in total. The van der Waals surface area contributed by atoms with Gasteiger partial charge in [0, 0.05) is 28.6 Å². The van der Waals surface area contributed by atoms with Gasteiger partial charge in [-0.3, -0.25) is 10.2 Å². The summed E-state index contributed by atoms with van der Waals surface area (Å²) in [5.41, 5.74) is 16.4. The Morgan fingerprint density at radius 1 is 1.12 bits per heavy atom. The van der Waals surface area contributed by atoms with Crippen LogP contribution >= 0.6 is 11.8 Å². The number of carboxylic acids is 1. The third-order valence-electron chi connectivity index (χ3n) is 4.20. The lowest BCUT2D eigenvalue weighted by atomic mass is 9.95. The van der Waals surface area contributed by atoms with Gasteiger partial charge in [-0.05, 0) is 23.3 Å². The molecule has 1 heterocycles. The van der Waals surface area contributed by atoms with Crippen molar-refractivity contribution in [1.82, 2.24) is 0 Å². The first-order chi connectivity index (χ1) is 12.0. The van der Waals surface area contributed by atoms with Gasteiger partial charge in [-0.15, -0.1) is 11.8 Å². The number of nitrogens with one attached hydrogen (secondary N) is 1. The Balaban J connectivity index is 1.82. The van der Waals surface area contributed by atoms with Crippen LogP contribution in [0.3, 0.4) is 0 Å². The fraction of sp³-hybridized carbons (Fsp3) is 0.158. The molecule has 0 saturated heterocycles. The number of allylic oxidation sites excluding steroid dienone is 2. The van der Waals surface area contributed by atoms with Gasteiger partial charge in [0.2, 0.25) is 0 Å². The molecule has 128 valence electrons. The molecule has 6 N–H and O–H groups in total. The Morgan fingerprint density at radius 3 is 2.36 bits per heavy atom. The fourth-order valence-corrected chi connectivity index (χ4v) is 4.09. The summed E-state index contributed by atoms with van der Waals surface area (Å²) in [4.78, 5) is 11.6. The van der Waals surface area contributed by atoms with Gasteiger partial charge in [-0.2, -0.15) is 0 Å². The van der Waals surface area contributed by atoms with Crippen LogP contribution in [0.5, 0.6) is 0 Å². The molecule has 0 aromatic heterocycles. The number of nitrogen functional groups attached to an aromatic ring is 1. The molecule has 0 spiro atoms. The number of benzene rings is 2. The highest BCUT2D eigenvalue weighted by molar-refractivity contribution is 8.04. The minimum Gasteiger partial charge on any atom is -0.481 e. The van der Waals surface area contributed by atoms with Crippen LogP contribution in [0, 0.1) is 5.41 Å². The van der Waals surface area contributed by atoms with E-state index in [4.69, 9.17) is 22.0 Å². The smallest absolute Gasteiger partial charge is 0.307 e. The normalized spacial score (nSPS) is 16.9. The largest absolute Gasteiger partial charge is 0.481 e. The van der Waals surface area contributed by atoms with Crippen molar-refractivity contribution in [2.24, 2.45) is 5.73 Å². The van der Waals surface area contributed by atoms with Crippen LogP contribution in [0.1, 0.15) is 22.6 Å². The summed E-state index contributed by atoms with van der Waals surface area (Å²) in [6.45, 7) is 0. The van der Waals surface area contributed by atoms with E-state index in [-0.39, 0.29) is 12.3 Å². The van der Waals surface area contributed by atoms with Gasteiger partial charge in [0.05, 0.1) is 17.0 Å². The number of hydrogen-bond donors (Lipinski definition) is 4. The lowest BCUT2D eigenvalue weighted by molar-refractivity contribution is -0.136. The maximum absolute atomic E-state index is 10.8. The highest BCUT2D eigenvalue weighted by Gasteiger charge is 2.28. The van der Waals surface area contributed by atoms with Gasteiger partial charge < -0.3 is 16.6 Å². The number of rotatable bonds is 5. The van der Waals surface area contributed by atoms with Gasteiger partial charge >= 0.3 is 5.97 Å². The molecule has 6 heteroatoms. The minimum absolute atomic E-state index is 0.0120. The van der Waals surface area contributed by atoms with Crippen LogP contribution in [0.2, 0.25) is 0 Å². The molecular weight excluding hydrogens is 334 g/mol. The molecule has 2 aromatic carbocycles. The first kappa shape index (κ1) is 17.1. The molecule has 25 heavy (non-hydrogen) atoms. The zero-order valence-electron chi connectivity index (χ0n) is 13.5. The molecule has 0 amide bonds. The van der Waals surface area contributed by atoms with Crippen LogP contribution < -0.4 is 11.5 Å². The molecule has 1 aliphatic rings.